The zero-order valence-electron chi connectivity index (χ0n) is 17.2. The molecule has 0 radical (unpaired) electrons. The zero-order valence-corrected chi connectivity index (χ0v) is 17.9. The Morgan fingerprint density at radius 2 is 1.63 bits per heavy atom. The Morgan fingerprint density at radius 3 is 2.43 bits per heavy atom. The van der Waals surface area contributed by atoms with Gasteiger partial charge >= 0.3 is 0 Å². The van der Waals surface area contributed by atoms with Gasteiger partial charge in [-0.2, -0.15) is 0 Å². The lowest BCUT2D eigenvalue weighted by Crippen LogP contribution is -2.47. The minimum Gasteiger partial charge on any atom is -0.369 e. The van der Waals surface area contributed by atoms with Crippen molar-refractivity contribution in [3.63, 3.8) is 0 Å². The normalized spacial score (nSPS) is 14.8. The molecule has 1 fully saturated rings. The summed E-state index contributed by atoms with van der Waals surface area (Å²) in [5, 5.41) is 6.21. The van der Waals surface area contributed by atoms with Gasteiger partial charge in [-0.25, -0.2) is 0 Å². The van der Waals surface area contributed by atoms with E-state index in [1.165, 1.54) is 11.1 Å². The summed E-state index contributed by atoms with van der Waals surface area (Å²) in [6, 6.07) is 22.4. The van der Waals surface area contributed by atoms with Gasteiger partial charge in [0, 0.05) is 43.4 Å². The van der Waals surface area contributed by atoms with Gasteiger partial charge in [-0.3, -0.25) is 9.69 Å². The summed E-state index contributed by atoms with van der Waals surface area (Å²) in [5.41, 5.74) is 2.32. The van der Waals surface area contributed by atoms with Crippen molar-refractivity contribution >= 4 is 34.0 Å². The monoisotopic (exact) mass is 421 g/mol. The molecule has 0 unspecified atom stereocenters. The molecule has 4 nitrogen and oxygen atoms in total. The number of nitrogens with zero attached hydrogens (tertiary/aromatic N) is 2. The zero-order chi connectivity index (χ0) is 20.8. The predicted octanol–water partition coefficient (Wildman–Crippen LogP) is 4.36. The third-order valence-corrected chi connectivity index (χ3v) is 6.02. The molecule has 1 saturated heterocycles. The Bertz CT molecular complexity index is 976. The molecule has 30 heavy (non-hydrogen) atoms. The van der Waals surface area contributed by atoms with Crippen LogP contribution in [0, 0.1) is 0 Å². The molecule has 1 heterocycles. The van der Waals surface area contributed by atoms with Gasteiger partial charge in [0.05, 0.1) is 6.42 Å². The van der Waals surface area contributed by atoms with E-state index in [2.05, 4.69) is 45.4 Å². The largest absolute Gasteiger partial charge is 0.369 e. The average molecular weight is 422 g/mol. The number of rotatable bonds is 7. The highest BCUT2D eigenvalue weighted by molar-refractivity contribution is 6.30. The number of carbonyl (C=O) groups excluding carboxylic acids is 1. The van der Waals surface area contributed by atoms with Crippen LogP contribution in [-0.2, 0) is 11.2 Å². The Morgan fingerprint density at radius 1 is 0.900 bits per heavy atom. The van der Waals surface area contributed by atoms with Crippen LogP contribution in [0.25, 0.3) is 10.8 Å². The molecule has 156 valence electrons. The number of anilines is 1. The second kappa shape index (κ2) is 9.96. The first-order chi connectivity index (χ1) is 14.7. The van der Waals surface area contributed by atoms with E-state index < -0.39 is 0 Å². The molecule has 1 N–H and O–H groups in total. The van der Waals surface area contributed by atoms with Crippen LogP contribution in [0.1, 0.15) is 12.0 Å². The highest BCUT2D eigenvalue weighted by Gasteiger charge is 2.16. The maximum atomic E-state index is 12.4. The third-order valence-electron chi connectivity index (χ3n) is 5.77. The van der Waals surface area contributed by atoms with Crippen LogP contribution in [0.4, 0.5) is 5.69 Å². The molecular formula is C25H28ClN3O. The smallest absolute Gasteiger partial charge is 0.224 e. The topological polar surface area (TPSA) is 35.6 Å². The van der Waals surface area contributed by atoms with Crippen molar-refractivity contribution in [2.24, 2.45) is 0 Å². The minimum atomic E-state index is 0.0962. The van der Waals surface area contributed by atoms with E-state index in [4.69, 9.17) is 11.6 Å². The van der Waals surface area contributed by atoms with Gasteiger partial charge in [0.1, 0.15) is 0 Å². The number of halogens is 1. The number of piperazine rings is 1. The highest BCUT2D eigenvalue weighted by Crippen LogP contribution is 2.20. The molecule has 3 aromatic carbocycles. The second-order valence-electron chi connectivity index (χ2n) is 7.82. The van der Waals surface area contributed by atoms with E-state index in [0.29, 0.717) is 6.42 Å². The van der Waals surface area contributed by atoms with Crippen molar-refractivity contribution in [1.82, 2.24) is 10.2 Å². The number of hydrogen-bond donors (Lipinski definition) is 1. The van der Waals surface area contributed by atoms with E-state index >= 15 is 0 Å². The quantitative estimate of drug-likeness (QED) is 0.575. The van der Waals surface area contributed by atoms with Crippen LogP contribution in [0.2, 0.25) is 5.02 Å². The molecule has 1 amide bonds. The molecule has 1 aliphatic heterocycles. The van der Waals surface area contributed by atoms with Crippen LogP contribution in [0.5, 0.6) is 0 Å². The average Bonchev–Trinajstić information content (AvgIpc) is 2.78. The Labute approximate surface area is 183 Å². The molecule has 0 atom stereocenters. The van der Waals surface area contributed by atoms with Crippen molar-refractivity contribution in [2.45, 2.75) is 12.8 Å². The molecule has 5 heteroatoms. The molecule has 4 rings (SSSR count). The van der Waals surface area contributed by atoms with E-state index in [1.807, 2.05) is 36.4 Å². The van der Waals surface area contributed by atoms with Crippen LogP contribution in [-0.4, -0.2) is 50.1 Å². The maximum Gasteiger partial charge on any atom is 0.224 e. The van der Waals surface area contributed by atoms with E-state index in [0.717, 1.165) is 61.7 Å². The number of carbonyl (C=O) groups is 1. The molecule has 0 aliphatic carbocycles. The second-order valence-corrected chi connectivity index (χ2v) is 8.26. The lowest BCUT2D eigenvalue weighted by molar-refractivity contribution is -0.120. The van der Waals surface area contributed by atoms with E-state index in [1.54, 1.807) is 0 Å². The van der Waals surface area contributed by atoms with Gasteiger partial charge in [0.2, 0.25) is 5.91 Å². The number of amides is 1. The Hall–Kier alpha value is -2.56. The molecular weight excluding hydrogens is 394 g/mol. The van der Waals surface area contributed by atoms with E-state index in [9.17, 15) is 4.79 Å². The fraction of sp³-hybridized carbons (Fsp3) is 0.320. The van der Waals surface area contributed by atoms with Gasteiger partial charge in [-0.05, 0) is 53.6 Å². The van der Waals surface area contributed by atoms with Crippen LogP contribution < -0.4 is 10.2 Å². The highest BCUT2D eigenvalue weighted by atomic mass is 35.5. The van der Waals surface area contributed by atoms with Crippen molar-refractivity contribution < 1.29 is 4.79 Å². The number of hydrogen-bond acceptors (Lipinski definition) is 3. The molecule has 0 spiro atoms. The van der Waals surface area contributed by atoms with Crippen LogP contribution in [0.3, 0.4) is 0 Å². The number of benzene rings is 3. The van der Waals surface area contributed by atoms with Crippen molar-refractivity contribution in [2.75, 3.05) is 44.2 Å². The molecule has 0 bridgehead atoms. The van der Waals surface area contributed by atoms with Gasteiger partial charge in [-0.1, -0.05) is 54.1 Å². The molecule has 3 aromatic rings. The molecule has 0 saturated carbocycles. The SMILES string of the molecule is O=C(Cc1cccc2ccccc12)NCCCN1CCN(c2ccc(Cl)cc2)CC1. The molecule has 0 aromatic heterocycles. The predicted molar refractivity (Wildman–Crippen MR) is 125 cm³/mol. The third kappa shape index (κ3) is 5.32. The van der Waals surface area contributed by atoms with Gasteiger partial charge < -0.3 is 10.2 Å². The van der Waals surface area contributed by atoms with Crippen molar-refractivity contribution in [1.29, 1.82) is 0 Å². The van der Waals surface area contributed by atoms with Crippen molar-refractivity contribution in [3.8, 4) is 0 Å². The van der Waals surface area contributed by atoms with E-state index in [-0.39, 0.29) is 5.91 Å². The van der Waals surface area contributed by atoms with Gasteiger partial charge in [-0.15, -0.1) is 0 Å². The first kappa shape index (κ1) is 20.7. The summed E-state index contributed by atoms with van der Waals surface area (Å²) in [6.45, 7) is 5.88. The van der Waals surface area contributed by atoms with Gasteiger partial charge in [0.25, 0.3) is 0 Å². The number of fused-ring (bicyclic) bond motifs is 1. The summed E-state index contributed by atoms with van der Waals surface area (Å²) >= 11 is 5.98. The lowest BCUT2D eigenvalue weighted by Gasteiger charge is -2.36. The summed E-state index contributed by atoms with van der Waals surface area (Å²) < 4.78 is 0. The first-order valence-electron chi connectivity index (χ1n) is 10.7. The Balaban J connectivity index is 1.17. The number of nitrogens with one attached hydrogen (secondary N) is 1. The molecule has 1 aliphatic rings. The standard InChI is InChI=1S/C25H28ClN3O/c26-22-9-11-23(12-10-22)29-17-15-28(16-18-29)14-4-13-27-25(30)19-21-7-3-6-20-5-1-2-8-24(20)21/h1-3,5-12H,4,13-19H2,(H,27,30). The Kier molecular flexibility index (Phi) is 6.88. The van der Waals surface area contributed by atoms with Crippen LogP contribution in [0.15, 0.2) is 66.7 Å². The summed E-state index contributed by atoms with van der Waals surface area (Å²) in [7, 11) is 0. The fourth-order valence-electron chi connectivity index (χ4n) is 4.09. The lowest BCUT2D eigenvalue weighted by atomic mass is 10.0. The van der Waals surface area contributed by atoms with Crippen LogP contribution >= 0.6 is 11.6 Å². The maximum absolute atomic E-state index is 12.4. The van der Waals surface area contributed by atoms with Gasteiger partial charge in [0.15, 0.2) is 0 Å². The summed E-state index contributed by atoms with van der Waals surface area (Å²) in [4.78, 5) is 17.3. The van der Waals surface area contributed by atoms with Crippen molar-refractivity contribution in [3.05, 3.63) is 77.3 Å². The minimum absolute atomic E-state index is 0.0962. The summed E-state index contributed by atoms with van der Waals surface area (Å²) in [5.74, 6) is 0.0962. The first-order valence-corrected chi connectivity index (χ1v) is 11.0. The summed E-state index contributed by atoms with van der Waals surface area (Å²) in [6.07, 6.45) is 1.41. The fourth-order valence-corrected chi connectivity index (χ4v) is 4.22.